The Hall–Kier alpha value is -2.29. The number of carbonyl (C=O) groups is 1. The number of guanidine groups is 1. The lowest BCUT2D eigenvalue weighted by atomic mass is 10.2. The monoisotopic (exact) mass is 393 g/mol. The molecule has 0 aromatic carbocycles. The number of hydrogen-bond donors (Lipinski definition) is 2. The van der Waals surface area contributed by atoms with E-state index in [2.05, 4.69) is 32.5 Å². The van der Waals surface area contributed by atoms with Crippen molar-refractivity contribution in [2.45, 2.75) is 39.8 Å². The summed E-state index contributed by atoms with van der Waals surface area (Å²) in [4.78, 5) is 20.9. The normalized spacial score (nSPS) is 16.2. The van der Waals surface area contributed by atoms with Crippen molar-refractivity contribution in [3.63, 3.8) is 0 Å². The Balaban J connectivity index is 1.71. The van der Waals surface area contributed by atoms with Crippen molar-refractivity contribution in [3.05, 3.63) is 18.0 Å². The molecule has 1 amide bonds. The van der Waals surface area contributed by atoms with Gasteiger partial charge >= 0.3 is 6.09 Å². The van der Waals surface area contributed by atoms with Crippen LogP contribution in [0.25, 0.3) is 0 Å². The van der Waals surface area contributed by atoms with Gasteiger partial charge in [-0.1, -0.05) is 0 Å². The van der Waals surface area contributed by atoms with E-state index in [1.54, 1.807) is 11.1 Å². The molecular weight excluding hydrogens is 358 g/mol. The Kier molecular flexibility index (Phi) is 8.10. The van der Waals surface area contributed by atoms with Crippen LogP contribution in [0.5, 0.6) is 0 Å². The molecule has 0 atom stereocenters. The molecule has 1 aromatic heterocycles. The molecule has 2 N–H and O–H groups in total. The van der Waals surface area contributed by atoms with Gasteiger partial charge in [0.1, 0.15) is 5.60 Å². The molecule has 9 heteroatoms. The molecule has 0 radical (unpaired) electrons. The quantitative estimate of drug-likeness (QED) is 0.554. The number of hydrogen-bond acceptors (Lipinski definition) is 5. The molecule has 2 rings (SSSR count). The van der Waals surface area contributed by atoms with Gasteiger partial charge in [-0.3, -0.25) is 9.58 Å². The zero-order valence-electron chi connectivity index (χ0n) is 17.9. The summed E-state index contributed by atoms with van der Waals surface area (Å²) in [7, 11) is 1.92. The van der Waals surface area contributed by atoms with Crippen LogP contribution in [0.15, 0.2) is 17.3 Å². The molecule has 2 heterocycles. The van der Waals surface area contributed by atoms with Gasteiger partial charge in [0.15, 0.2) is 5.96 Å². The number of aromatic nitrogens is 2. The molecule has 0 unspecified atom stereocenters. The largest absolute Gasteiger partial charge is 0.444 e. The number of nitrogens with one attached hydrogen (secondary N) is 2. The van der Waals surface area contributed by atoms with Crippen molar-refractivity contribution >= 4 is 12.1 Å². The third-order valence-corrected chi connectivity index (χ3v) is 4.41. The van der Waals surface area contributed by atoms with Crippen molar-refractivity contribution in [2.24, 2.45) is 12.0 Å². The molecule has 1 aliphatic heterocycles. The van der Waals surface area contributed by atoms with Gasteiger partial charge in [-0.05, 0) is 33.8 Å². The molecule has 158 valence electrons. The second-order valence-electron chi connectivity index (χ2n) is 7.88. The first-order chi connectivity index (χ1) is 13.3. The van der Waals surface area contributed by atoms with Gasteiger partial charge in [0.2, 0.25) is 0 Å². The first-order valence-corrected chi connectivity index (χ1v) is 9.98. The molecule has 28 heavy (non-hydrogen) atoms. The molecule has 0 saturated carbocycles. The standard InChI is InChI=1S/C19H35N7O2/c1-6-20-17(22-15-16-7-8-23-24(16)5)21-9-10-25-11-13-26(14-12-25)18(27)28-19(2,3)4/h7-8H,6,9-15H2,1-5H3,(H2,20,21,22). The highest BCUT2D eigenvalue weighted by atomic mass is 16.6. The van der Waals surface area contributed by atoms with Crippen LogP contribution in [0.2, 0.25) is 0 Å². The molecule has 1 aromatic rings. The zero-order valence-corrected chi connectivity index (χ0v) is 17.9. The Bertz CT molecular complexity index is 643. The Labute approximate surface area is 168 Å². The van der Waals surface area contributed by atoms with Crippen LogP contribution >= 0.6 is 0 Å². The van der Waals surface area contributed by atoms with Gasteiger partial charge in [-0.2, -0.15) is 5.10 Å². The lowest BCUT2D eigenvalue weighted by Gasteiger charge is -2.35. The van der Waals surface area contributed by atoms with Crippen molar-refractivity contribution in [2.75, 3.05) is 45.8 Å². The van der Waals surface area contributed by atoms with Crippen LogP contribution in [-0.2, 0) is 18.3 Å². The topological polar surface area (TPSA) is 87.0 Å². The zero-order chi connectivity index (χ0) is 20.6. The summed E-state index contributed by atoms with van der Waals surface area (Å²) in [6.45, 7) is 13.9. The Morgan fingerprint density at radius 1 is 1.25 bits per heavy atom. The van der Waals surface area contributed by atoms with Crippen molar-refractivity contribution < 1.29 is 9.53 Å². The van der Waals surface area contributed by atoms with Gasteiger partial charge in [-0.25, -0.2) is 9.79 Å². The van der Waals surface area contributed by atoms with E-state index < -0.39 is 5.60 Å². The minimum absolute atomic E-state index is 0.220. The van der Waals surface area contributed by atoms with E-state index in [-0.39, 0.29) is 6.09 Å². The third-order valence-electron chi connectivity index (χ3n) is 4.41. The van der Waals surface area contributed by atoms with E-state index in [4.69, 9.17) is 4.74 Å². The highest BCUT2D eigenvalue weighted by molar-refractivity contribution is 5.79. The summed E-state index contributed by atoms with van der Waals surface area (Å²) >= 11 is 0. The molecular formula is C19H35N7O2. The van der Waals surface area contributed by atoms with Crippen molar-refractivity contribution in [1.29, 1.82) is 0 Å². The molecule has 0 bridgehead atoms. The second kappa shape index (κ2) is 10.3. The maximum absolute atomic E-state index is 12.1. The predicted octanol–water partition coefficient (Wildman–Crippen LogP) is 1.03. The van der Waals surface area contributed by atoms with Crippen LogP contribution in [-0.4, -0.2) is 83.0 Å². The lowest BCUT2D eigenvalue weighted by molar-refractivity contribution is 0.0147. The van der Waals surface area contributed by atoms with E-state index in [0.717, 1.165) is 44.4 Å². The summed E-state index contributed by atoms with van der Waals surface area (Å²) in [6.07, 6.45) is 1.56. The SMILES string of the molecule is CCNC(=NCc1ccnn1C)NCCN1CCN(C(=O)OC(C)(C)C)CC1. The maximum Gasteiger partial charge on any atom is 0.410 e. The predicted molar refractivity (Wildman–Crippen MR) is 110 cm³/mol. The third kappa shape index (κ3) is 7.38. The highest BCUT2D eigenvalue weighted by Gasteiger charge is 2.25. The number of piperazine rings is 1. The van der Waals surface area contributed by atoms with Crippen LogP contribution in [0, 0.1) is 0 Å². The van der Waals surface area contributed by atoms with E-state index in [9.17, 15) is 4.79 Å². The van der Waals surface area contributed by atoms with Crippen LogP contribution in [0.3, 0.4) is 0 Å². The average molecular weight is 394 g/mol. The van der Waals surface area contributed by atoms with Gasteiger partial charge in [-0.15, -0.1) is 0 Å². The van der Waals surface area contributed by atoms with E-state index in [0.29, 0.717) is 19.6 Å². The number of amides is 1. The van der Waals surface area contributed by atoms with Crippen molar-refractivity contribution in [1.82, 2.24) is 30.2 Å². The van der Waals surface area contributed by atoms with E-state index in [1.165, 1.54) is 0 Å². The fraction of sp³-hybridized carbons (Fsp3) is 0.737. The number of rotatable bonds is 6. The second-order valence-corrected chi connectivity index (χ2v) is 7.88. The summed E-state index contributed by atoms with van der Waals surface area (Å²) in [5, 5.41) is 10.8. The van der Waals surface area contributed by atoms with E-state index in [1.807, 2.05) is 38.6 Å². The number of nitrogens with zero attached hydrogens (tertiary/aromatic N) is 5. The summed E-state index contributed by atoms with van der Waals surface area (Å²) in [5.74, 6) is 0.802. The van der Waals surface area contributed by atoms with Crippen LogP contribution < -0.4 is 10.6 Å². The van der Waals surface area contributed by atoms with Gasteiger partial charge in [0.05, 0.1) is 12.2 Å². The molecule has 0 aliphatic carbocycles. The number of aryl methyl sites for hydroxylation is 1. The van der Waals surface area contributed by atoms with Crippen LogP contribution in [0.4, 0.5) is 4.79 Å². The minimum atomic E-state index is -0.449. The summed E-state index contributed by atoms with van der Waals surface area (Å²) in [6, 6.07) is 1.97. The first-order valence-electron chi connectivity index (χ1n) is 9.98. The lowest BCUT2D eigenvalue weighted by Crippen LogP contribution is -2.51. The van der Waals surface area contributed by atoms with Crippen LogP contribution in [0.1, 0.15) is 33.4 Å². The molecule has 1 saturated heterocycles. The number of ether oxygens (including phenoxy) is 1. The number of aliphatic imine (C=N–C) groups is 1. The fourth-order valence-corrected chi connectivity index (χ4v) is 2.87. The Morgan fingerprint density at radius 3 is 2.54 bits per heavy atom. The summed E-state index contributed by atoms with van der Waals surface area (Å²) in [5.41, 5.74) is 0.616. The van der Waals surface area contributed by atoms with Gasteiger partial charge < -0.3 is 20.3 Å². The number of carbonyl (C=O) groups excluding carboxylic acids is 1. The maximum atomic E-state index is 12.1. The highest BCUT2D eigenvalue weighted by Crippen LogP contribution is 2.11. The van der Waals surface area contributed by atoms with E-state index >= 15 is 0 Å². The molecule has 1 fully saturated rings. The Morgan fingerprint density at radius 2 is 1.96 bits per heavy atom. The van der Waals surface area contributed by atoms with Gasteiger partial charge in [0.25, 0.3) is 0 Å². The minimum Gasteiger partial charge on any atom is -0.444 e. The average Bonchev–Trinajstić information content (AvgIpc) is 3.03. The summed E-state index contributed by atoms with van der Waals surface area (Å²) < 4.78 is 7.27. The first kappa shape index (κ1) is 22.0. The fourth-order valence-electron chi connectivity index (χ4n) is 2.87. The van der Waals surface area contributed by atoms with Gasteiger partial charge in [0, 0.05) is 59.1 Å². The van der Waals surface area contributed by atoms with Crippen molar-refractivity contribution in [3.8, 4) is 0 Å². The molecule has 0 spiro atoms. The smallest absolute Gasteiger partial charge is 0.410 e. The molecule has 9 nitrogen and oxygen atoms in total. The molecule has 1 aliphatic rings.